The van der Waals surface area contributed by atoms with Crippen molar-refractivity contribution in [2.24, 2.45) is 0 Å². The number of carbonyl (C=O) groups excluding carboxylic acids is 1. The van der Waals surface area contributed by atoms with Crippen LogP contribution in [0.3, 0.4) is 0 Å². The first kappa shape index (κ1) is 17.0. The van der Waals surface area contributed by atoms with E-state index in [0.717, 1.165) is 35.9 Å². The Morgan fingerprint density at radius 1 is 1.21 bits per heavy atom. The van der Waals surface area contributed by atoms with Crippen LogP contribution in [0, 0.1) is 6.92 Å². The lowest BCUT2D eigenvalue weighted by Gasteiger charge is -2.31. The molecular weight excluding hydrogens is 346 g/mol. The second-order valence-corrected chi connectivity index (χ2v) is 8.45. The van der Waals surface area contributed by atoms with Crippen LogP contribution in [0.5, 0.6) is 0 Å². The Kier molecular flexibility index (Phi) is 4.40. The molecule has 4 nitrogen and oxygen atoms in total. The number of amides is 1. The Morgan fingerprint density at radius 2 is 1.96 bits per heavy atom. The van der Waals surface area contributed by atoms with Crippen molar-refractivity contribution < 1.29 is 13.2 Å². The highest BCUT2D eigenvalue weighted by Crippen LogP contribution is 2.32. The highest BCUT2D eigenvalue weighted by atomic mass is 35.5. The van der Waals surface area contributed by atoms with E-state index >= 15 is 0 Å². The maximum atomic E-state index is 13.0. The van der Waals surface area contributed by atoms with E-state index in [1.165, 1.54) is 12.1 Å². The lowest BCUT2D eigenvalue weighted by atomic mass is 9.97. The molecule has 0 saturated heterocycles. The molecule has 2 aromatic carbocycles. The monoisotopic (exact) mass is 363 g/mol. The quantitative estimate of drug-likeness (QED) is 0.818. The van der Waals surface area contributed by atoms with Gasteiger partial charge >= 0.3 is 0 Å². The molecule has 1 aliphatic heterocycles. The van der Waals surface area contributed by atoms with E-state index < -0.39 is 9.84 Å². The average Bonchev–Trinajstić information content (AvgIpc) is 2.53. The van der Waals surface area contributed by atoms with Gasteiger partial charge in [-0.25, -0.2) is 8.42 Å². The Hall–Kier alpha value is -1.85. The predicted molar refractivity (Wildman–Crippen MR) is 95.7 cm³/mol. The van der Waals surface area contributed by atoms with Gasteiger partial charge in [-0.15, -0.1) is 0 Å². The van der Waals surface area contributed by atoms with Crippen molar-refractivity contribution in [3.8, 4) is 0 Å². The minimum Gasteiger partial charge on any atom is -0.308 e. The number of aryl methyl sites for hydroxylation is 2. The third-order valence-corrected chi connectivity index (χ3v) is 5.82. The molecular formula is C18H18ClNO3S. The molecule has 0 atom stereocenters. The van der Waals surface area contributed by atoms with Crippen LogP contribution in [0.4, 0.5) is 5.69 Å². The highest BCUT2D eigenvalue weighted by Gasteiger charge is 2.26. The highest BCUT2D eigenvalue weighted by molar-refractivity contribution is 7.90. The van der Waals surface area contributed by atoms with Crippen LogP contribution in [0.2, 0.25) is 5.02 Å². The van der Waals surface area contributed by atoms with Gasteiger partial charge in [0.05, 0.1) is 15.6 Å². The molecule has 0 aromatic heterocycles. The normalized spacial score (nSPS) is 14.4. The molecule has 1 heterocycles. The van der Waals surface area contributed by atoms with Gasteiger partial charge in [0, 0.05) is 18.4 Å². The van der Waals surface area contributed by atoms with Crippen LogP contribution < -0.4 is 4.90 Å². The summed E-state index contributed by atoms with van der Waals surface area (Å²) in [5.41, 5.74) is 3.45. The van der Waals surface area contributed by atoms with E-state index in [-0.39, 0.29) is 15.8 Å². The molecule has 1 aliphatic rings. The zero-order valence-electron chi connectivity index (χ0n) is 13.5. The smallest absolute Gasteiger partial charge is 0.258 e. The summed E-state index contributed by atoms with van der Waals surface area (Å²) in [6.07, 6.45) is 2.91. The molecule has 24 heavy (non-hydrogen) atoms. The van der Waals surface area contributed by atoms with E-state index in [4.69, 9.17) is 11.6 Å². The van der Waals surface area contributed by atoms with Crippen molar-refractivity contribution in [1.29, 1.82) is 0 Å². The zero-order chi connectivity index (χ0) is 17.5. The van der Waals surface area contributed by atoms with Gasteiger partial charge in [-0.3, -0.25) is 4.79 Å². The maximum Gasteiger partial charge on any atom is 0.258 e. The molecule has 3 rings (SSSR count). The van der Waals surface area contributed by atoms with Crippen LogP contribution >= 0.6 is 11.6 Å². The summed E-state index contributed by atoms with van der Waals surface area (Å²) >= 11 is 5.97. The number of rotatable bonds is 2. The Labute approximate surface area is 147 Å². The SMILES string of the molecule is Cc1cccc2c1N(C(=O)c1ccc(Cl)c(S(C)(=O)=O)c1)CCC2. The van der Waals surface area contributed by atoms with E-state index in [1.807, 2.05) is 25.1 Å². The molecule has 6 heteroatoms. The number of sulfone groups is 1. The molecule has 1 amide bonds. The molecule has 126 valence electrons. The van der Waals surface area contributed by atoms with Crippen LogP contribution in [-0.4, -0.2) is 27.1 Å². The van der Waals surface area contributed by atoms with Crippen LogP contribution in [-0.2, 0) is 16.3 Å². The molecule has 0 aliphatic carbocycles. The van der Waals surface area contributed by atoms with E-state index in [2.05, 4.69) is 0 Å². The number of anilines is 1. The number of hydrogen-bond donors (Lipinski definition) is 0. The number of benzene rings is 2. The van der Waals surface area contributed by atoms with Crippen molar-refractivity contribution in [1.82, 2.24) is 0 Å². The third kappa shape index (κ3) is 3.06. The fourth-order valence-electron chi connectivity index (χ4n) is 3.13. The summed E-state index contributed by atoms with van der Waals surface area (Å²) < 4.78 is 23.7. The van der Waals surface area contributed by atoms with Crippen molar-refractivity contribution in [3.05, 3.63) is 58.1 Å². The zero-order valence-corrected chi connectivity index (χ0v) is 15.1. The number of hydrogen-bond acceptors (Lipinski definition) is 3. The molecule has 0 spiro atoms. The van der Waals surface area contributed by atoms with E-state index in [1.54, 1.807) is 11.0 Å². The van der Waals surface area contributed by atoms with E-state index in [9.17, 15) is 13.2 Å². The summed E-state index contributed by atoms with van der Waals surface area (Å²) in [5.74, 6) is -0.202. The average molecular weight is 364 g/mol. The topological polar surface area (TPSA) is 54.5 Å². The predicted octanol–water partition coefficient (Wildman–Crippen LogP) is 3.64. The molecule has 0 unspecified atom stereocenters. The molecule has 0 N–H and O–H groups in total. The van der Waals surface area contributed by atoms with Gasteiger partial charge in [0.2, 0.25) is 0 Å². The van der Waals surface area contributed by atoms with Crippen LogP contribution in [0.1, 0.15) is 27.9 Å². The summed E-state index contributed by atoms with van der Waals surface area (Å²) in [5, 5.41) is 0.129. The first-order chi connectivity index (χ1) is 11.3. The lowest BCUT2D eigenvalue weighted by Crippen LogP contribution is -2.36. The number of fused-ring (bicyclic) bond motifs is 1. The van der Waals surface area contributed by atoms with Gasteiger partial charge in [0.1, 0.15) is 0 Å². The Bertz CT molecular complexity index is 922. The second-order valence-electron chi connectivity index (χ2n) is 6.06. The standard InChI is InChI=1S/C18H18ClNO3S/c1-12-5-3-6-13-7-4-10-20(17(12)13)18(21)14-8-9-15(19)16(11-14)24(2,22)23/h3,5-6,8-9,11H,4,7,10H2,1-2H3. The largest absolute Gasteiger partial charge is 0.308 e. The first-order valence-electron chi connectivity index (χ1n) is 7.69. The van der Waals surface area contributed by atoms with Gasteiger partial charge in [-0.2, -0.15) is 0 Å². The minimum absolute atomic E-state index is 0.0166. The summed E-state index contributed by atoms with van der Waals surface area (Å²) in [7, 11) is -3.49. The fraction of sp³-hybridized carbons (Fsp3) is 0.278. The minimum atomic E-state index is -3.49. The molecule has 2 aromatic rings. The number of nitrogens with zero attached hydrogens (tertiary/aromatic N) is 1. The third-order valence-electron chi connectivity index (χ3n) is 4.24. The van der Waals surface area contributed by atoms with Crippen LogP contribution in [0.25, 0.3) is 0 Å². The molecule has 0 saturated carbocycles. The Morgan fingerprint density at radius 3 is 2.67 bits per heavy atom. The fourth-order valence-corrected chi connectivity index (χ4v) is 4.43. The van der Waals surface area contributed by atoms with Crippen molar-refractivity contribution >= 4 is 33.0 Å². The summed E-state index contributed by atoms with van der Waals surface area (Å²) in [6, 6.07) is 10.4. The van der Waals surface area contributed by atoms with Crippen molar-refractivity contribution in [3.63, 3.8) is 0 Å². The second kappa shape index (κ2) is 6.22. The van der Waals surface area contributed by atoms with Gasteiger partial charge in [-0.05, 0) is 49.1 Å². The van der Waals surface area contributed by atoms with Gasteiger partial charge < -0.3 is 4.90 Å². The number of para-hydroxylation sites is 1. The van der Waals surface area contributed by atoms with Gasteiger partial charge in [0.15, 0.2) is 9.84 Å². The van der Waals surface area contributed by atoms with Crippen molar-refractivity contribution in [2.75, 3.05) is 17.7 Å². The first-order valence-corrected chi connectivity index (χ1v) is 9.96. The van der Waals surface area contributed by atoms with Crippen LogP contribution in [0.15, 0.2) is 41.3 Å². The van der Waals surface area contributed by atoms with E-state index in [0.29, 0.717) is 12.1 Å². The molecule has 0 radical (unpaired) electrons. The van der Waals surface area contributed by atoms with Crippen molar-refractivity contribution in [2.45, 2.75) is 24.7 Å². The lowest BCUT2D eigenvalue weighted by molar-refractivity contribution is 0.0984. The number of halogens is 1. The summed E-state index contributed by atoms with van der Waals surface area (Å²) in [4.78, 5) is 14.7. The summed E-state index contributed by atoms with van der Waals surface area (Å²) in [6.45, 7) is 2.60. The maximum absolute atomic E-state index is 13.0. The molecule has 0 bridgehead atoms. The number of carbonyl (C=O) groups is 1. The Balaban J connectivity index is 2.06. The van der Waals surface area contributed by atoms with Gasteiger partial charge in [-0.1, -0.05) is 29.8 Å². The van der Waals surface area contributed by atoms with Gasteiger partial charge in [0.25, 0.3) is 5.91 Å². The molecule has 0 fully saturated rings.